The number of halogens is 2. The molecule has 0 atom stereocenters. The highest BCUT2D eigenvalue weighted by Crippen LogP contribution is 2.36. The van der Waals surface area contributed by atoms with Crippen molar-refractivity contribution in [1.29, 1.82) is 0 Å². The Morgan fingerprint density at radius 3 is 2.20 bits per heavy atom. The van der Waals surface area contributed by atoms with Crippen LogP contribution in [0.5, 0.6) is 0 Å². The summed E-state index contributed by atoms with van der Waals surface area (Å²) >= 11 is 19.3. The second-order valence-corrected chi connectivity index (χ2v) is 9.05. The minimum absolute atomic E-state index is 0.226. The van der Waals surface area contributed by atoms with Crippen molar-refractivity contribution in [3.05, 3.63) is 95.0 Å². The van der Waals surface area contributed by atoms with Gasteiger partial charge in [0.05, 0.1) is 21.4 Å². The van der Waals surface area contributed by atoms with E-state index in [-0.39, 0.29) is 15.2 Å². The summed E-state index contributed by atoms with van der Waals surface area (Å²) < 4.78 is 4.72. The summed E-state index contributed by atoms with van der Waals surface area (Å²) in [6.07, 6.45) is 0. The van der Waals surface area contributed by atoms with Gasteiger partial charge >= 0.3 is 0 Å². The molecule has 152 valence electrons. The SMILES string of the molecule is Cc1c(-n2c(=O)cc(-c3c(Cl)cccc3Cl)sc2=S)c(=O)n(-c2ccccc2)n1C. The van der Waals surface area contributed by atoms with Gasteiger partial charge in [-0.25, -0.2) is 4.68 Å². The van der Waals surface area contributed by atoms with E-state index in [0.717, 1.165) is 0 Å². The Kier molecular flexibility index (Phi) is 5.55. The molecule has 0 bridgehead atoms. The molecule has 0 spiro atoms. The van der Waals surface area contributed by atoms with Crippen LogP contribution >= 0.6 is 46.8 Å². The smallest absolute Gasteiger partial charge is 0.283 e. The summed E-state index contributed by atoms with van der Waals surface area (Å²) in [5.41, 5.74) is 1.34. The van der Waals surface area contributed by atoms with E-state index in [2.05, 4.69) is 0 Å². The lowest BCUT2D eigenvalue weighted by molar-refractivity contribution is 0.630. The van der Waals surface area contributed by atoms with E-state index < -0.39 is 5.56 Å². The zero-order valence-corrected chi connectivity index (χ0v) is 19.1. The number of benzene rings is 2. The predicted molar refractivity (Wildman–Crippen MR) is 126 cm³/mol. The highest BCUT2D eigenvalue weighted by Gasteiger charge is 2.21. The molecular formula is C21H15Cl2N3O2S2. The lowest BCUT2D eigenvalue weighted by atomic mass is 10.2. The lowest BCUT2D eigenvalue weighted by Gasteiger charge is -2.09. The van der Waals surface area contributed by atoms with Gasteiger partial charge in [0.15, 0.2) is 3.95 Å². The molecule has 0 aliphatic carbocycles. The monoisotopic (exact) mass is 475 g/mol. The van der Waals surface area contributed by atoms with Gasteiger partial charge in [-0.05, 0) is 43.4 Å². The topological polar surface area (TPSA) is 48.9 Å². The molecule has 0 aliphatic heterocycles. The molecule has 30 heavy (non-hydrogen) atoms. The molecule has 0 N–H and O–H groups in total. The average molecular weight is 476 g/mol. The van der Waals surface area contributed by atoms with Crippen molar-refractivity contribution >= 4 is 46.8 Å². The van der Waals surface area contributed by atoms with Crippen LogP contribution in [0, 0.1) is 10.9 Å². The van der Waals surface area contributed by atoms with Crippen LogP contribution in [-0.4, -0.2) is 13.9 Å². The molecule has 2 heterocycles. The van der Waals surface area contributed by atoms with Crippen molar-refractivity contribution < 1.29 is 0 Å². The average Bonchev–Trinajstić information content (AvgIpc) is 2.91. The number of rotatable bonds is 3. The molecule has 4 aromatic rings. The second-order valence-electron chi connectivity index (χ2n) is 6.56. The molecule has 9 heteroatoms. The number of hydrogen-bond donors (Lipinski definition) is 0. The van der Waals surface area contributed by atoms with Gasteiger partial charge in [0.2, 0.25) is 0 Å². The van der Waals surface area contributed by atoms with E-state index in [4.69, 9.17) is 35.4 Å². The summed E-state index contributed by atoms with van der Waals surface area (Å²) in [7, 11) is 1.77. The lowest BCUT2D eigenvalue weighted by Crippen LogP contribution is -2.26. The third-order valence-corrected chi connectivity index (χ3v) is 6.77. The van der Waals surface area contributed by atoms with Crippen LogP contribution in [0.15, 0.2) is 64.2 Å². The number of aromatic nitrogens is 3. The van der Waals surface area contributed by atoms with Gasteiger partial charge < -0.3 is 0 Å². The van der Waals surface area contributed by atoms with Gasteiger partial charge in [0, 0.05) is 23.6 Å². The molecule has 0 radical (unpaired) electrons. The first-order valence-electron chi connectivity index (χ1n) is 8.87. The standard InChI is InChI=1S/C21H15Cl2N3O2S2/c1-12-19(20(28)26(24(12)2)13-7-4-3-5-8-13)25-17(27)11-16(30-21(25)29)18-14(22)9-6-10-15(18)23/h3-11H,1-2H3. The Balaban J connectivity index is 1.97. The quantitative estimate of drug-likeness (QED) is 0.372. The molecule has 0 aliphatic rings. The van der Waals surface area contributed by atoms with Gasteiger partial charge in [-0.15, -0.1) is 11.3 Å². The Morgan fingerprint density at radius 2 is 1.60 bits per heavy atom. The van der Waals surface area contributed by atoms with Gasteiger partial charge in [-0.3, -0.25) is 18.8 Å². The number of para-hydroxylation sites is 1. The normalized spacial score (nSPS) is 11.1. The zero-order chi connectivity index (χ0) is 21.6. The highest BCUT2D eigenvalue weighted by molar-refractivity contribution is 7.73. The summed E-state index contributed by atoms with van der Waals surface area (Å²) in [6.45, 7) is 1.78. The van der Waals surface area contributed by atoms with E-state index >= 15 is 0 Å². The maximum Gasteiger partial charge on any atom is 0.296 e. The fraction of sp³-hybridized carbons (Fsp3) is 0.0952. The maximum absolute atomic E-state index is 13.3. The van der Waals surface area contributed by atoms with E-state index in [9.17, 15) is 9.59 Å². The van der Waals surface area contributed by atoms with E-state index in [1.165, 1.54) is 26.7 Å². The van der Waals surface area contributed by atoms with Crippen LogP contribution in [0.3, 0.4) is 0 Å². The maximum atomic E-state index is 13.3. The Labute approximate surface area is 191 Å². The molecule has 4 rings (SSSR count). The van der Waals surface area contributed by atoms with Crippen LogP contribution in [0.4, 0.5) is 0 Å². The van der Waals surface area contributed by atoms with Crippen LogP contribution in [0.2, 0.25) is 10.0 Å². The number of nitrogens with zero attached hydrogens (tertiary/aromatic N) is 3. The highest BCUT2D eigenvalue weighted by atomic mass is 35.5. The fourth-order valence-corrected chi connectivity index (χ4v) is 5.41. The van der Waals surface area contributed by atoms with Crippen LogP contribution in [0.1, 0.15) is 5.69 Å². The van der Waals surface area contributed by atoms with Crippen molar-refractivity contribution in [2.45, 2.75) is 6.92 Å². The van der Waals surface area contributed by atoms with Crippen molar-refractivity contribution in [3.8, 4) is 21.8 Å². The Bertz CT molecular complexity index is 1400. The minimum Gasteiger partial charge on any atom is -0.283 e. The summed E-state index contributed by atoms with van der Waals surface area (Å²) in [5.74, 6) is 0. The van der Waals surface area contributed by atoms with Crippen LogP contribution in [-0.2, 0) is 7.05 Å². The van der Waals surface area contributed by atoms with Gasteiger partial charge in [-0.2, -0.15) is 0 Å². The van der Waals surface area contributed by atoms with Gasteiger partial charge in [0.25, 0.3) is 11.1 Å². The van der Waals surface area contributed by atoms with E-state index in [1.807, 2.05) is 30.3 Å². The molecule has 0 saturated carbocycles. The predicted octanol–water partition coefficient (Wildman–Crippen LogP) is 5.40. The van der Waals surface area contributed by atoms with E-state index in [1.54, 1.807) is 36.9 Å². The van der Waals surface area contributed by atoms with E-state index in [0.29, 0.717) is 31.9 Å². The summed E-state index contributed by atoms with van der Waals surface area (Å²) in [5, 5.41) is 0.847. The largest absolute Gasteiger partial charge is 0.296 e. The molecular weight excluding hydrogens is 461 g/mol. The number of hydrogen-bond acceptors (Lipinski definition) is 4. The van der Waals surface area contributed by atoms with Gasteiger partial charge in [-0.1, -0.05) is 47.5 Å². The molecule has 5 nitrogen and oxygen atoms in total. The molecule has 0 saturated heterocycles. The van der Waals surface area contributed by atoms with Crippen LogP contribution < -0.4 is 11.1 Å². The van der Waals surface area contributed by atoms with Crippen molar-refractivity contribution in [3.63, 3.8) is 0 Å². The van der Waals surface area contributed by atoms with Crippen molar-refractivity contribution in [2.24, 2.45) is 7.05 Å². The minimum atomic E-state index is -0.421. The van der Waals surface area contributed by atoms with Crippen molar-refractivity contribution in [2.75, 3.05) is 0 Å². The third-order valence-electron chi connectivity index (χ3n) is 4.81. The molecule has 2 aromatic carbocycles. The molecule has 0 fully saturated rings. The third kappa shape index (κ3) is 3.37. The first kappa shape index (κ1) is 20.8. The molecule has 0 amide bonds. The summed E-state index contributed by atoms with van der Waals surface area (Å²) in [4.78, 5) is 26.9. The Morgan fingerprint density at radius 1 is 0.967 bits per heavy atom. The molecule has 2 aromatic heterocycles. The second kappa shape index (κ2) is 8.00. The van der Waals surface area contributed by atoms with Gasteiger partial charge in [0.1, 0.15) is 5.69 Å². The fourth-order valence-electron chi connectivity index (χ4n) is 3.31. The zero-order valence-electron chi connectivity index (χ0n) is 15.9. The van der Waals surface area contributed by atoms with Crippen molar-refractivity contribution in [1.82, 2.24) is 13.9 Å². The Hall–Kier alpha value is -2.45. The first-order chi connectivity index (χ1) is 14.3. The summed E-state index contributed by atoms with van der Waals surface area (Å²) in [6, 6.07) is 15.8. The molecule has 0 unspecified atom stereocenters. The van der Waals surface area contributed by atoms with Crippen LogP contribution in [0.25, 0.3) is 21.8 Å². The first-order valence-corrected chi connectivity index (χ1v) is 10.9.